The summed E-state index contributed by atoms with van der Waals surface area (Å²) < 4.78 is 6.05. The summed E-state index contributed by atoms with van der Waals surface area (Å²) in [7, 11) is 0. The second-order valence-corrected chi connectivity index (χ2v) is 4.52. The minimum atomic E-state index is -0.231. The molecule has 82 valence electrons. The van der Waals surface area contributed by atoms with Gasteiger partial charge in [-0.1, -0.05) is 24.3 Å². The van der Waals surface area contributed by atoms with Crippen molar-refractivity contribution in [3.05, 3.63) is 35.4 Å². The van der Waals surface area contributed by atoms with E-state index < -0.39 is 0 Å². The molecule has 2 heteroatoms. The predicted molar refractivity (Wildman–Crippen MR) is 61.7 cm³/mol. The first kappa shape index (κ1) is 10.7. The Bertz CT molecular complexity index is 348. The monoisotopic (exact) mass is 205 g/mol. The molecule has 0 amide bonds. The molecule has 2 N–H and O–H groups in total. The maximum atomic E-state index is 6.05. The lowest BCUT2D eigenvalue weighted by molar-refractivity contribution is -0.0780. The van der Waals surface area contributed by atoms with Gasteiger partial charge in [-0.15, -0.1) is 0 Å². The van der Waals surface area contributed by atoms with Crippen molar-refractivity contribution in [2.24, 2.45) is 5.73 Å². The van der Waals surface area contributed by atoms with Gasteiger partial charge in [0, 0.05) is 6.54 Å². The van der Waals surface area contributed by atoms with Crippen LogP contribution in [-0.2, 0) is 16.8 Å². The summed E-state index contributed by atoms with van der Waals surface area (Å²) >= 11 is 0. The number of benzene rings is 1. The molecule has 0 bridgehead atoms. The molecule has 1 aromatic rings. The fourth-order valence-electron chi connectivity index (χ4n) is 2.49. The van der Waals surface area contributed by atoms with Gasteiger partial charge in [0.15, 0.2) is 0 Å². The number of ether oxygens (including phenoxy) is 1. The molecule has 1 unspecified atom stereocenters. The zero-order chi connectivity index (χ0) is 10.9. The van der Waals surface area contributed by atoms with E-state index >= 15 is 0 Å². The lowest BCUT2D eigenvalue weighted by Gasteiger charge is -2.31. The van der Waals surface area contributed by atoms with E-state index in [1.54, 1.807) is 0 Å². The van der Waals surface area contributed by atoms with E-state index in [1.807, 2.05) is 0 Å². The maximum absolute atomic E-state index is 6.05. The molecule has 0 aliphatic heterocycles. The molecule has 0 fully saturated rings. The molecule has 2 nitrogen and oxygen atoms in total. The molecule has 2 rings (SSSR count). The third kappa shape index (κ3) is 1.80. The molecule has 1 aliphatic carbocycles. The topological polar surface area (TPSA) is 35.2 Å². The van der Waals surface area contributed by atoms with Crippen LogP contribution in [0.25, 0.3) is 0 Å². The zero-order valence-electron chi connectivity index (χ0n) is 9.49. The van der Waals surface area contributed by atoms with Crippen molar-refractivity contribution < 1.29 is 4.74 Å². The minimum Gasteiger partial charge on any atom is -0.366 e. The van der Waals surface area contributed by atoms with Crippen LogP contribution in [0.1, 0.15) is 31.4 Å². The fraction of sp³-hybridized carbons (Fsp3) is 0.538. The van der Waals surface area contributed by atoms with Crippen LogP contribution in [0.4, 0.5) is 0 Å². The lowest BCUT2D eigenvalue weighted by atomic mass is 9.95. The van der Waals surface area contributed by atoms with Crippen LogP contribution in [0.5, 0.6) is 0 Å². The van der Waals surface area contributed by atoms with Gasteiger partial charge in [0.05, 0.1) is 6.10 Å². The van der Waals surface area contributed by atoms with Gasteiger partial charge in [-0.25, -0.2) is 0 Å². The molecule has 0 radical (unpaired) electrons. The van der Waals surface area contributed by atoms with Gasteiger partial charge in [0.1, 0.15) is 5.60 Å². The summed E-state index contributed by atoms with van der Waals surface area (Å²) in [5.74, 6) is 0. The van der Waals surface area contributed by atoms with Gasteiger partial charge in [0.25, 0.3) is 0 Å². The smallest absolute Gasteiger partial charge is 0.106 e. The lowest BCUT2D eigenvalue weighted by Crippen LogP contribution is -2.37. The highest BCUT2D eigenvalue weighted by molar-refractivity contribution is 5.37. The average Bonchev–Trinajstić information content (AvgIpc) is 2.58. The molecular weight excluding hydrogens is 186 g/mol. The number of hydrogen-bond donors (Lipinski definition) is 1. The summed E-state index contributed by atoms with van der Waals surface area (Å²) in [6, 6.07) is 8.48. The normalized spacial score (nSPS) is 24.5. The van der Waals surface area contributed by atoms with Crippen molar-refractivity contribution in [2.75, 3.05) is 6.54 Å². The number of hydrogen-bond acceptors (Lipinski definition) is 2. The quantitative estimate of drug-likeness (QED) is 0.821. The number of fused-ring (bicyclic) bond motifs is 1. The first-order chi connectivity index (χ1) is 7.18. The summed E-state index contributed by atoms with van der Waals surface area (Å²) in [4.78, 5) is 0. The Labute approximate surface area is 91.4 Å². The van der Waals surface area contributed by atoms with Gasteiger partial charge < -0.3 is 10.5 Å². The first-order valence-corrected chi connectivity index (χ1v) is 5.64. The van der Waals surface area contributed by atoms with Crippen LogP contribution < -0.4 is 5.73 Å². The van der Waals surface area contributed by atoms with E-state index in [9.17, 15) is 0 Å². The predicted octanol–water partition coefficient (Wildman–Crippen LogP) is 2.21. The average molecular weight is 205 g/mol. The molecular formula is C13H19NO. The van der Waals surface area contributed by atoms with Gasteiger partial charge in [-0.05, 0) is 37.8 Å². The second kappa shape index (κ2) is 3.95. The van der Waals surface area contributed by atoms with E-state index in [-0.39, 0.29) is 11.7 Å². The largest absolute Gasteiger partial charge is 0.366 e. The molecule has 0 spiro atoms. The fourth-order valence-corrected chi connectivity index (χ4v) is 2.49. The molecule has 0 saturated heterocycles. The number of rotatable bonds is 3. The molecule has 1 aliphatic rings. The van der Waals surface area contributed by atoms with E-state index in [0.717, 1.165) is 12.8 Å². The summed E-state index contributed by atoms with van der Waals surface area (Å²) in [5, 5.41) is 0. The van der Waals surface area contributed by atoms with Crippen molar-refractivity contribution in [2.45, 2.75) is 38.4 Å². The van der Waals surface area contributed by atoms with Crippen LogP contribution in [0.2, 0.25) is 0 Å². The van der Waals surface area contributed by atoms with E-state index in [1.165, 1.54) is 11.1 Å². The van der Waals surface area contributed by atoms with E-state index in [2.05, 4.69) is 38.1 Å². The summed E-state index contributed by atoms with van der Waals surface area (Å²) in [6.45, 7) is 4.71. The van der Waals surface area contributed by atoms with Crippen LogP contribution in [-0.4, -0.2) is 12.6 Å². The Morgan fingerprint density at radius 1 is 1.40 bits per heavy atom. The maximum Gasteiger partial charge on any atom is 0.106 e. The third-order valence-corrected chi connectivity index (χ3v) is 3.10. The molecule has 0 heterocycles. The van der Waals surface area contributed by atoms with Crippen molar-refractivity contribution in [3.8, 4) is 0 Å². The van der Waals surface area contributed by atoms with Crippen LogP contribution in [0.15, 0.2) is 24.3 Å². The van der Waals surface area contributed by atoms with Gasteiger partial charge in [-0.3, -0.25) is 0 Å². The van der Waals surface area contributed by atoms with Crippen molar-refractivity contribution in [1.29, 1.82) is 0 Å². The standard InChI is InChI=1S/C13H19NO/c1-10(2)15-13(9-14)8-7-11-5-3-4-6-12(11)13/h3-6,10H,7-9,14H2,1-2H3. The molecule has 1 aromatic carbocycles. The Balaban J connectivity index is 2.36. The van der Waals surface area contributed by atoms with Crippen LogP contribution >= 0.6 is 0 Å². The third-order valence-electron chi connectivity index (χ3n) is 3.10. The molecule has 0 aromatic heterocycles. The van der Waals surface area contributed by atoms with Crippen LogP contribution in [0, 0.1) is 0 Å². The molecule has 1 atom stereocenters. The summed E-state index contributed by atoms with van der Waals surface area (Å²) in [5.41, 5.74) is 8.36. The first-order valence-electron chi connectivity index (χ1n) is 5.64. The second-order valence-electron chi connectivity index (χ2n) is 4.52. The highest BCUT2D eigenvalue weighted by Crippen LogP contribution is 2.39. The Morgan fingerprint density at radius 2 is 2.13 bits per heavy atom. The summed E-state index contributed by atoms with van der Waals surface area (Å²) in [6.07, 6.45) is 2.32. The Hall–Kier alpha value is -0.860. The van der Waals surface area contributed by atoms with E-state index in [4.69, 9.17) is 10.5 Å². The van der Waals surface area contributed by atoms with Gasteiger partial charge in [0.2, 0.25) is 0 Å². The van der Waals surface area contributed by atoms with Crippen molar-refractivity contribution >= 4 is 0 Å². The number of aryl methyl sites for hydroxylation is 1. The van der Waals surface area contributed by atoms with Gasteiger partial charge in [-0.2, -0.15) is 0 Å². The van der Waals surface area contributed by atoms with Crippen molar-refractivity contribution in [3.63, 3.8) is 0 Å². The van der Waals surface area contributed by atoms with E-state index in [0.29, 0.717) is 6.54 Å². The Kier molecular flexibility index (Phi) is 2.81. The molecule has 15 heavy (non-hydrogen) atoms. The molecule has 0 saturated carbocycles. The Morgan fingerprint density at radius 3 is 2.80 bits per heavy atom. The van der Waals surface area contributed by atoms with Crippen molar-refractivity contribution in [1.82, 2.24) is 0 Å². The minimum absolute atomic E-state index is 0.222. The highest BCUT2D eigenvalue weighted by atomic mass is 16.5. The van der Waals surface area contributed by atoms with Crippen LogP contribution in [0.3, 0.4) is 0 Å². The highest BCUT2D eigenvalue weighted by Gasteiger charge is 2.38. The zero-order valence-corrected chi connectivity index (χ0v) is 9.49. The number of nitrogens with two attached hydrogens (primary N) is 1. The SMILES string of the molecule is CC(C)OC1(CN)CCc2ccccc21. The van der Waals surface area contributed by atoms with Gasteiger partial charge >= 0.3 is 0 Å².